The Bertz CT molecular complexity index is 489. The van der Waals surface area contributed by atoms with Crippen LogP contribution in [0.3, 0.4) is 0 Å². The predicted octanol–water partition coefficient (Wildman–Crippen LogP) is 1.85. The van der Waals surface area contributed by atoms with Gasteiger partial charge in [-0.25, -0.2) is 9.78 Å². The van der Waals surface area contributed by atoms with E-state index in [4.69, 9.17) is 5.11 Å². The van der Waals surface area contributed by atoms with Crippen LogP contribution in [0.15, 0.2) is 6.20 Å². The van der Waals surface area contributed by atoms with Crippen LogP contribution in [0.2, 0.25) is 0 Å². The van der Waals surface area contributed by atoms with Crippen LogP contribution in [0.5, 0.6) is 0 Å². The van der Waals surface area contributed by atoms with Crippen LogP contribution in [-0.4, -0.2) is 40.1 Å². The number of thiazole rings is 1. The fraction of sp³-hybridized carbons (Fsp3) is 0.615. The second-order valence-electron chi connectivity index (χ2n) is 5.06. The van der Waals surface area contributed by atoms with E-state index in [1.54, 1.807) is 22.4 Å². The van der Waals surface area contributed by atoms with Gasteiger partial charge < -0.3 is 15.3 Å². The van der Waals surface area contributed by atoms with E-state index in [2.05, 4.69) is 10.3 Å². The molecule has 1 aromatic heterocycles. The highest BCUT2D eigenvalue weighted by Crippen LogP contribution is 2.19. The van der Waals surface area contributed by atoms with Gasteiger partial charge in [0.15, 0.2) is 0 Å². The minimum atomic E-state index is -0.794. The molecule has 1 saturated heterocycles. The van der Waals surface area contributed by atoms with Crippen molar-refractivity contribution in [1.29, 1.82) is 0 Å². The van der Waals surface area contributed by atoms with Crippen LogP contribution in [0, 0.1) is 12.8 Å². The standard InChI is InChI=1S/C13H19N3O3S/c1-9-14-6-11(20-9)7-15-13(19)16-4-2-3-10(8-16)5-12(17)18/h6,10H,2-5,7-8H2,1H3,(H,15,19)(H,17,18). The lowest BCUT2D eigenvalue weighted by Gasteiger charge is -2.32. The summed E-state index contributed by atoms with van der Waals surface area (Å²) in [7, 11) is 0. The third-order valence-electron chi connectivity index (χ3n) is 3.35. The predicted molar refractivity (Wildman–Crippen MR) is 75.6 cm³/mol. The maximum absolute atomic E-state index is 12.1. The molecule has 1 aliphatic heterocycles. The average molecular weight is 297 g/mol. The molecule has 2 heterocycles. The highest BCUT2D eigenvalue weighted by Gasteiger charge is 2.25. The molecule has 6 nitrogen and oxygen atoms in total. The molecule has 0 bridgehead atoms. The lowest BCUT2D eigenvalue weighted by atomic mass is 9.95. The van der Waals surface area contributed by atoms with Crippen LogP contribution in [0.4, 0.5) is 4.79 Å². The summed E-state index contributed by atoms with van der Waals surface area (Å²) in [6.45, 7) is 3.63. The maximum Gasteiger partial charge on any atom is 0.317 e. The van der Waals surface area contributed by atoms with E-state index in [9.17, 15) is 9.59 Å². The number of carboxylic acid groups (broad SMARTS) is 1. The van der Waals surface area contributed by atoms with E-state index in [0.717, 1.165) is 22.7 Å². The molecule has 1 fully saturated rings. The van der Waals surface area contributed by atoms with Gasteiger partial charge in [-0.2, -0.15) is 0 Å². The number of hydrogen-bond donors (Lipinski definition) is 2. The van der Waals surface area contributed by atoms with Crippen LogP contribution >= 0.6 is 11.3 Å². The number of piperidine rings is 1. The third kappa shape index (κ3) is 4.19. The minimum absolute atomic E-state index is 0.0673. The number of amides is 2. The van der Waals surface area contributed by atoms with Crippen LogP contribution in [-0.2, 0) is 11.3 Å². The molecule has 2 N–H and O–H groups in total. The number of carbonyl (C=O) groups is 2. The molecule has 0 aromatic carbocycles. The van der Waals surface area contributed by atoms with Crippen molar-refractivity contribution in [2.45, 2.75) is 32.7 Å². The van der Waals surface area contributed by atoms with Gasteiger partial charge in [0.2, 0.25) is 0 Å². The van der Waals surface area contributed by atoms with Crippen LogP contribution in [0.1, 0.15) is 29.1 Å². The molecule has 20 heavy (non-hydrogen) atoms. The molecule has 1 unspecified atom stereocenters. The normalized spacial score (nSPS) is 18.9. The first-order chi connectivity index (χ1) is 9.54. The number of carbonyl (C=O) groups excluding carboxylic acids is 1. The van der Waals surface area contributed by atoms with Crippen molar-refractivity contribution in [3.63, 3.8) is 0 Å². The molecule has 0 saturated carbocycles. The van der Waals surface area contributed by atoms with Crippen LogP contribution in [0.25, 0.3) is 0 Å². The number of aryl methyl sites for hydroxylation is 1. The molecule has 2 amide bonds. The lowest BCUT2D eigenvalue weighted by molar-refractivity contribution is -0.138. The Hall–Kier alpha value is -1.63. The average Bonchev–Trinajstić information content (AvgIpc) is 2.81. The van der Waals surface area contributed by atoms with Gasteiger partial charge in [-0.15, -0.1) is 11.3 Å². The number of urea groups is 1. The Morgan fingerprint density at radius 2 is 2.40 bits per heavy atom. The van der Waals surface area contributed by atoms with Crippen molar-refractivity contribution < 1.29 is 14.7 Å². The Morgan fingerprint density at radius 1 is 1.60 bits per heavy atom. The van der Waals surface area contributed by atoms with Gasteiger partial charge in [-0.3, -0.25) is 4.79 Å². The summed E-state index contributed by atoms with van der Waals surface area (Å²) >= 11 is 1.56. The van der Waals surface area contributed by atoms with Gasteiger partial charge in [0.25, 0.3) is 0 Å². The molecular weight excluding hydrogens is 278 g/mol. The molecule has 1 atom stereocenters. The van der Waals surface area contributed by atoms with E-state index in [0.29, 0.717) is 19.6 Å². The highest BCUT2D eigenvalue weighted by atomic mass is 32.1. The molecule has 0 aliphatic carbocycles. The van der Waals surface area contributed by atoms with Gasteiger partial charge in [0, 0.05) is 30.6 Å². The fourth-order valence-corrected chi connectivity index (χ4v) is 3.16. The number of hydrogen-bond acceptors (Lipinski definition) is 4. The second-order valence-corrected chi connectivity index (χ2v) is 6.38. The van der Waals surface area contributed by atoms with Gasteiger partial charge in [-0.05, 0) is 25.7 Å². The first-order valence-electron chi connectivity index (χ1n) is 6.70. The summed E-state index contributed by atoms with van der Waals surface area (Å²) in [6.07, 6.45) is 3.65. The number of likely N-dealkylation sites (tertiary alicyclic amines) is 1. The number of aromatic nitrogens is 1. The molecule has 1 aliphatic rings. The van der Waals surface area contributed by atoms with Crippen LogP contribution < -0.4 is 5.32 Å². The summed E-state index contributed by atoms with van der Waals surface area (Å²) in [5.41, 5.74) is 0. The van der Waals surface area contributed by atoms with Gasteiger partial charge >= 0.3 is 12.0 Å². The quantitative estimate of drug-likeness (QED) is 0.888. The van der Waals surface area contributed by atoms with E-state index < -0.39 is 5.97 Å². The van der Waals surface area contributed by atoms with Gasteiger partial charge in [0.05, 0.1) is 11.6 Å². The molecule has 0 radical (unpaired) electrons. The molecule has 7 heteroatoms. The van der Waals surface area contributed by atoms with Crippen molar-refractivity contribution >= 4 is 23.3 Å². The molecule has 0 spiro atoms. The van der Waals surface area contributed by atoms with Crippen molar-refractivity contribution in [1.82, 2.24) is 15.2 Å². The Morgan fingerprint density at radius 3 is 3.05 bits per heavy atom. The number of carboxylic acids is 1. The van der Waals surface area contributed by atoms with E-state index >= 15 is 0 Å². The summed E-state index contributed by atoms with van der Waals surface area (Å²) < 4.78 is 0. The third-order valence-corrected chi connectivity index (χ3v) is 4.27. The minimum Gasteiger partial charge on any atom is -0.481 e. The van der Waals surface area contributed by atoms with Crippen molar-refractivity contribution in [3.05, 3.63) is 16.1 Å². The van der Waals surface area contributed by atoms with Crippen molar-refractivity contribution in [3.8, 4) is 0 Å². The zero-order chi connectivity index (χ0) is 14.5. The number of nitrogens with one attached hydrogen (secondary N) is 1. The summed E-state index contributed by atoms with van der Waals surface area (Å²) in [6, 6.07) is -0.119. The maximum atomic E-state index is 12.1. The second kappa shape index (κ2) is 6.69. The molecule has 2 rings (SSSR count). The number of aliphatic carboxylic acids is 1. The van der Waals surface area contributed by atoms with Crippen molar-refractivity contribution in [2.24, 2.45) is 5.92 Å². The summed E-state index contributed by atoms with van der Waals surface area (Å²) in [5.74, 6) is -0.727. The molecule has 1 aromatic rings. The smallest absolute Gasteiger partial charge is 0.317 e. The van der Waals surface area contributed by atoms with E-state index in [1.165, 1.54) is 0 Å². The first kappa shape index (κ1) is 14.8. The summed E-state index contributed by atoms with van der Waals surface area (Å²) in [5, 5.41) is 12.7. The monoisotopic (exact) mass is 297 g/mol. The summed E-state index contributed by atoms with van der Waals surface area (Å²) in [4.78, 5) is 29.7. The topological polar surface area (TPSA) is 82.5 Å². The Kier molecular flexibility index (Phi) is 4.94. The lowest BCUT2D eigenvalue weighted by Crippen LogP contribution is -2.45. The molecular formula is C13H19N3O3S. The Labute approximate surface area is 121 Å². The first-order valence-corrected chi connectivity index (χ1v) is 7.52. The largest absolute Gasteiger partial charge is 0.481 e. The van der Waals surface area contributed by atoms with Gasteiger partial charge in [-0.1, -0.05) is 0 Å². The Balaban J connectivity index is 1.81. The zero-order valence-electron chi connectivity index (χ0n) is 11.5. The van der Waals surface area contributed by atoms with Gasteiger partial charge in [0.1, 0.15) is 0 Å². The van der Waals surface area contributed by atoms with Crippen molar-refractivity contribution in [2.75, 3.05) is 13.1 Å². The number of nitrogens with zero attached hydrogens (tertiary/aromatic N) is 2. The highest BCUT2D eigenvalue weighted by molar-refractivity contribution is 7.11. The zero-order valence-corrected chi connectivity index (χ0v) is 12.3. The SMILES string of the molecule is Cc1ncc(CNC(=O)N2CCCC(CC(=O)O)C2)s1. The number of rotatable bonds is 4. The van der Waals surface area contributed by atoms with E-state index in [-0.39, 0.29) is 18.4 Å². The fourth-order valence-electron chi connectivity index (χ4n) is 2.42. The molecule has 110 valence electrons. The van der Waals surface area contributed by atoms with E-state index in [1.807, 2.05) is 6.92 Å².